The van der Waals surface area contributed by atoms with Gasteiger partial charge in [-0.3, -0.25) is 4.98 Å². The molecule has 4 heteroatoms. The summed E-state index contributed by atoms with van der Waals surface area (Å²) in [5, 5.41) is 0. The van der Waals surface area contributed by atoms with Crippen molar-refractivity contribution in [2.75, 3.05) is 7.11 Å². The number of methoxy groups -OCH3 is 1. The highest BCUT2D eigenvalue weighted by Gasteiger charge is 2.06. The van der Waals surface area contributed by atoms with Crippen molar-refractivity contribution in [2.45, 2.75) is 6.42 Å². The summed E-state index contributed by atoms with van der Waals surface area (Å²) >= 11 is 3.29. The summed E-state index contributed by atoms with van der Waals surface area (Å²) in [5.41, 5.74) is 0.836. The summed E-state index contributed by atoms with van der Waals surface area (Å²) in [4.78, 5) is 14.2. The Balaban J connectivity index is 3.10. The zero-order valence-electron chi connectivity index (χ0n) is 6.58. The van der Waals surface area contributed by atoms with Crippen LogP contribution in [0.4, 0.5) is 0 Å². The molecule has 0 saturated heterocycles. The number of hydrogen-bond acceptors (Lipinski definition) is 3. The number of carbonyl (C=O) groups is 1. The largest absolute Gasteiger partial charge is 0.495 e. The second kappa shape index (κ2) is 4.21. The Labute approximate surface area is 78.9 Å². The van der Waals surface area contributed by atoms with Crippen molar-refractivity contribution in [3.63, 3.8) is 0 Å². The minimum absolute atomic E-state index is 0.340. The highest BCUT2D eigenvalue weighted by atomic mass is 79.9. The lowest BCUT2D eigenvalue weighted by molar-refractivity contribution is -0.107. The molecule has 64 valence electrons. The van der Waals surface area contributed by atoms with Crippen LogP contribution in [0.1, 0.15) is 5.56 Å². The van der Waals surface area contributed by atoms with Crippen molar-refractivity contribution in [1.29, 1.82) is 0 Å². The van der Waals surface area contributed by atoms with Gasteiger partial charge in [-0.15, -0.1) is 0 Å². The van der Waals surface area contributed by atoms with E-state index in [2.05, 4.69) is 20.9 Å². The number of ether oxygens (including phenoxy) is 1. The Morgan fingerprint density at radius 2 is 2.42 bits per heavy atom. The van der Waals surface area contributed by atoms with Gasteiger partial charge in [0.15, 0.2) is 0 Å². The van der Waals surface area contributed by atoms with Crippen LogP contribution in [0.15, 0.2) is 16.9 Å². The number of hydrogen-bond donors (Lipinski definition) is 0. The van der Waals surface area contributed by atoms with Gasteiger partial charge in [0.1, 0.15) is 12.0 Å². The van der Waals surface area contributed by atoms with Crippen LogP contribution >= 0.6 is 15.9 Å². The fraction of sp³-hybridized carbons (Fsp3) is 0.250. The predicted octanol–water partition coefficient (Wildman–Crippen LogP) is 1.59. The van der Waals surface area contributed by atoms with Crippen LogP contribution in [0.25, 0.3) is 0 Å². The molecule has 0 aliphatic heterocycles. The van der Waals surface area contributed by atoms with Crippen molar-refractivity contribution in [1.82, 2.24) is 4.98 Å². The minimum Gasteiger partial charge on any atom is -0.495 e. The zero-order chi connectivity index (χ0) is 8.97. The first kappa shape index (κ1) is 9.19. The van der Waals surface area contributed by atoms with Crippen molar-refractivity contribution in [3.05, 3.63) is 22.4 Å². The van der Waals surface area contributed by atoms with Gasteiger partial charge >= 0.3 is 0 Å². The van der Waals surface area contributed by atoms with Gasteiger partial charge in [0.25, 0.3) is 0 Å². The van der Waals surface area contributed by atoms with Gasteiger partial charge in [-0.2, -0.15) is 0 Å². The van der Waals surface area contributed by atoms with Crippen LogP contribution in [0.2, 0.25) is 0 Å². The van der Waals surface area contributed by atoms with Gasteiger partial charge < -0.3 is 9.53 Å². The van der Waals surface area contributed by atoms with E-state index in [1.807, 2.05) is 0 Å². The summed E-state index contributed by atoms with van der Waals surface area (Å²) in [6.07, 6.45) is 4.40. The van der Waals surface area contributed by atoms with Gasteiger partial charge in [-0.1, -0.05) is 0 Å². The second-order valence-electron chi connectivity index (χ2n) is 2.17. The highest BCUT2D eigenvalue weighted by molar-refractivity contribution is 9.10. The molecule has 1 aromatic rings. The van der Waals surface area contributed by atoms with E-state index in [-0.39, 0.29) is 0 Å². The van der Waals surface area contributed by atoms with E-state index in [0.717, 1.165) is 16.3 Å². The molecule has 0 N–H and O–H groups in total. The van der Waals surface area contributed by atoms with Crippen molar-refractivity contribution < 1.29 is 9.53 Å². The van der Waals surface area contributed by atoms with Crippen LogP contribution in [0.3, 0.4) is 0 Å². The maximum atomic E-state index is 10.3. The first-order valence-corrected chi connectivity index (χ1v) is 4.19. The number of rotatable bonds is 3. The van der Waals surface area contributed by atoms with Crippen LogP contribution in [-0.2, 0) is 11.2 Å². The van der Waals surface area contributed by atoms with Crippen LogP contribution in [0.5, 0.6) is 5.75 Å². The molecule has 0 aliphatic carbocycles. The molecule has 1 aromatic heterocycles. The Bertz CT molecular complexity index is 288. The lowest BCUT2D eigenvalue weighted by Gasteiger charge is -2.05. The van der Waals surface area contributed by atoms with E-state index in [4.69, 9.17) is 4.74 Å². The predicted molar refractivity (Wildman–Crippen MR) is 48.3 cm³/mol. The summed E-state index contributed by atoms with van der Waals surface area (Å²) in [6.45, 7) is 0. The van der Waals surface area contributed by atoms with Gasteiger partial charge in [0.2, 0.25) is 0 Å². The Kier molecular flexibility index (Phi) is 3.22. The van der Waals surface area contributed by atoms with E-state index in [1.54, 1.807) is 19.5 Å². The fourth-order valence-corrected chi connectivity index (χ4v) is 1.38. The minimum atomic E-state index is 0.340. The lowest BCUT2D eigenvalue weighted by atomic mass is 10.2. The Hall–Kier alpha value is -0.900. The molecule has 1 rings (SSSR count). The molecule has 0 bridgehead atoms. The SMILES string of the molecule is COc1cncc(Br)c1CC=O. The van der Waals surface area contributed by atoms with E-state index in [9.17, 15) is 4.79 Å². The average molecular weight is 230 g/mol. The molecular formula is C8H8BrNO2. The molecule has 0 aromatic carbocycles. The van der Waals surface area contributed by atoms with Crippen LogP contribution in [-0.4, -0.2) is 18.4 Å². The molecule has 0 saturated carbocycles. The standard InChI is InChI=1S/C8H8BrNO2/c1-12-8-5-10-4-7(9)6(8)2-3-11/h3-5H,2H2,1H3. The molecule has 0 radical (unpaired) electrons. The molecule has 1 heterocycles. The molecule has 0 atom stereocenters. The lowest BCUT2D eigenvalue weighted by Crippen LogP contribution is -1.95. The van der Waals surface area contributed by atoms with E-state index >= 15 is 0 Å². The Morgan fingerprint density at radius 1 is 1.67 bits per heavy atom. The smallest absolute Gasteiger partial charge is 0.141 e. The number of pyridine rings is 1. The normalized spacial score (nSPS) is 9.50. The van der Waals surface area contributed by atoms with Gasteiger partial charge in [0, 0.05) is 22.7 Å². The van der Waals surface area contributed by atoms with Crippen molar-refractivity contribution in [2.24, 2.45) is 0 Å². The third-order valence-electron chi connectivity index (χ3n) is 1.47. The summed E-state index contributed by atoms with van der Waals surface area (Å²) in [5.74, 6) is 0.636. The third-order valence-corrected chi connectivity index (χ3v) is 2.16. The third kappa shape index (κ3) is 1.82. The van der Waals surface area contributed by atoms with Crippen molar-refractivity contribution >= 4 is 22.2 Å². The van der Waals surface area contributed by atoms with E-state index in [1.165, 1.54) is 0 Å². The number of aromatic nitrogens is 1. The topological polar surface area (TPSA) is 39.2 Å². The average Bonchev–Trinajstić information content (AvgIpc) is 2.09. The van der Waals surface area contributed by atoms with Crippen molar-refractivity contribution in [3.8, 4) is 5.75 Å². The van der Waals surface area contributed by atoms with E-state index in [0.29, 0.717) is 12.2 Å². The number of carbonyl (C=O) groups excluding carboxylic acids is 1. The maximum absolute atomic E-state index is 10.3. The summed E-state index contributed by atoms with van der Waals surface area (Å²) in [7, 11) is 1.55. The summed E-state index contributed by atoms with van der Waals surface area (Å²) < 4.78 is 5.83. The van der Waals surface area contributed by atoms with Gasteiger partial charge in [0.05, 0.1) is 13.3 Å². The molecule has 12 heavy (non-hydrogen) atoms. The molecule has 3 nitrogen and oxygen atoms in total. The van der Waals surface area contributed by atoms with Gasteiger partial charge in [-0.05, 0) is 15.9 Å². The summed E-state index contributed by atoms with van der Waals surface area (Å²) in [6, 6.07) is 0. The quantitative estimate of drug-likeness (QED) is 0.740. The molecule has 0 fully saturated rings. The Morgan fingerprint density at radius 3 is 3.00 bits per heavy atom. The monoisotopic (exact) mass is 229 g/mol. The van der Waals surface area contributed by atoms with Crippen LogP contribution in [0, 0.1) is 0 Å². The maximum Gasteiger partial charge on any atom is 0.141 e. The fourth-order valence-electron chi connectivity index (χ4n) is 0.901. The first-order valence-electron chi connectivity index (χ1n) is 3.39. The van der Waals surface area contributed by atoms with Crippen LogP contribution < -0.4 is 4.74 Å². The second-order valence-corrected chi connectivity index (χ2v) is 3.03. The molecule has 0 unspecified atom stereocenters. The molecule has 0 spiro atoms. The van der Waals surface area contributed by atoms with Gasteiger partial charge in [-0.25, -0.2) is 0 Å². The van der Waals surface area contributed by atoms with E-state index < -0.39 is 0 Å². The highest BCUT2D eigenvalue weighted by Crippen LogP contribution is 2.24. The number of nitrogens with zero attached hydrogens (tertiary/aromatic N) is 1. The number of halogens is 1. The molecular weight excluding hydrogens is 222 g/mol. The number of aldehydes is 1. The zero-order valence-corrected chi connectivity index (χ0v) is 8.17. The molecule has 0 amide bonds. The molecule has 0 aliphatic rings. The first-order chi connectivity index (χ1) is 5.79.